The molecule has 0 aliphatic heterocycles. The summed E-state index contributed by atoms with van der Waals surface area (Å²) in [7, 11) is 0. The molecule has 1 aliphatic carbocycles. The number of carbonyl (C=O) groups is 1. The van der Waals surface area contributed by atoms with Crippen molar-refractivity contribution >= 4 is 11.7 Å². The third kappa shape index (κ3) is 3.24. The Hall–Kier alpha value is -2.30. The lowest BCUT2D eigenvalue weighted by Gasteiger charge is -2.13. The van der Waals surface area contributed by atoms with E-state index in [1.54, 1.807) is 6.33 Å². The van der Waals surface area contributed by atoms with Crippen LogP contribution in [-0.4, -0.2) is 22.0 Å². The molecule has 2 amide bonds. The molecule has 0 bridgehead atoms. The first-order valence-corrected chi connectivity index (χ1v) is 7.40. The summed E-state index contributed by atoms with van der Waals surface area (Å²) in [6, 6.07) is 7.94. The molecule has 21 heavy (non-hydrogen) atoms. The minimum Gasteiger partial charge on any atom is -0.348 e. The number of hydrogen-bond donors (Lipinski definition) is 3. The van der Waals surface area contributed by atoms with E-state index < -0.39 is 0 Å². The van der Waals surface area contributed by atoms with E-state index in [0.717, 1.165) is 35.5 Å². The molecule has 1 saturated carbocycles. The van der Waals surface area contributed by atoms with Crippen LogP contribution in [0.2, 0.25) is 0 Å². The maximum atomic E-state index is 11.9. The number of carbonyl (C=O) groups excluding carboxylic acids is 1. The Morgan fingerprint density at radius 3 is 2.57 bits per heavy atom. The molecular weight excluding hydrogens is 264 g/mol. The fourth-order valence-corrected chi connectivity index (χ4v) is 2.78. The molecule has 5 heteroatoms. The number of nitrogens with one attached hydrogen (secondary N) is 3. The number of imidazole rings is 1. The third-order valence-electron chi connectivity index (χ3n) is 3.94. The fourth-order valence-electron chi connectivity index (χ4n) is 2.78. The summed E-state index contributed by atoms with van der Waals surface area (Å²) in [5.41, 5.74) is 3.81. The monoisotopic (exact) mass is 284 g/mol. The quantitative estimate of drug-likeness (QED) is 0.808. The number of nitrogens with zero attached hydrogens (tertiary/aromatic N) is 1. The molecule has 0 radical (unpaired) electrons. The van der Waals surface area contributed by atoms with Gasteiger partial charge in [-0.2, -0.15) is 0 Å². The van der Waals surface area contributed by atoms with Gasteiger partial charge in [-0.1, -0.05) is 25.0 Å². The van der Waals surface area contributed by atoms with Crippen molar-refractivity contribution < 1.29 is 4.79 Å². The number of hydrogen-bond acceptors (Lipinski definition) is 2. The van der Waals surface area contributed by atoms with E-state index in [-0.39, 0.29) is 6.03 Å². The Kier molecular flexibility index (Phi) is 3.90. The number of aromatic nitrogens is 2. The molecule has 110 valence electrons. The highest BCUT2D eigenvalue weighted by molar-refractivity contribution is 5.89. The maximum absolute atomic E-state index is 11.9. The second-order valence-electron chi connectivity index (χ2n) is 5.53. The number of amides is 2. The highest BCUT2D eigenvalue weighted by Gasteiger charge is 2.16. The van der Waals surface area contributed by atoms with Gasteiger partial charge in [0.1, 0.15) is 0 Å². The van der Waals surface area contributed by atoms with Gasteiger partial charge in [-0.3, -0.25) is 0 Å². The minimum atomic E-state index is -0.120. The normalized spacial score (nSPS) is 15.1. The Bertz CT molecular complexity index is 611. The van der Waals surface area contributed by atoms with Crippen LogP contribution in [-0.2, 0) is 0 Å². The lowest BCUT2D eigenvalue weighted by molar-refractivity contribution is 0.248. The van der Waals surface area contributed by atoms with Crippen LogP contribution in [0.4, 0.5) is 10.5 Å². The first-order valence-electron chi connectivity index (χ1n) is 7.40. The molecule has 2 aromatic rings. The van der Waals surface area contributed by atoms with E-state index in [9.17, 15) is 4.79 Å². The van der Waals surface area contributed by atoms with Crippen LogP contribution in [0, 0.1) is 6.92 Å². The molecule has 1 heterocycles. The first-order chi connectivity index (χ1) is 10.2. The zero-order chi connectivity index (χ0) is 14.7. The lowest BCUT2D eigenvalue weighted by Crippen LogP contribution is -2.36. The summed E-state index contributed by atoms with van der Waals surface area (Å²) in [5.74, 6) is 0. The first kappa shape index (κ1) is 13.7. The van der Waals surface area contributed by atoms with Crippen LogP contribution in [0.5, 0.6) is 0 Å². The molecular formula is C16H20N4O. The van der Waals surface area contributed by atoms with Gasteiger partial charge in [0.25, 0.3) is 0 Å². The van der Waals surface area contributed by atoms with Crippen LogP contribution >= 0.6 is 0 Å². The van der Waals surface area contributed by atoms with Crippen LogP contribution < -0.4 is 10.6 Å². The van der Waals surface area contributed by atoms with Gasteiger partial charge in [-0.05, 0) is 31.9 Å². The summed E-state index contributed by atoms with van der Waals surface area (Å²) in [5, 5.41) is 5.89. The van der Waals surface area contributed by atoms with Gasteiger partial charge in [-0.15, -0.1) is 0 Å². The second kappa shape index (κ2) is 5.99. The Morgan fingerprint density at radius 2 is 1.95 bits per heavy atom. The van der Waals surface area contributed by atoms with Crippen molar-refractivity contribution in [3.8, 4) is 11.3 Å². The highest BCUT2D eigenvalue weighted by Crippen LogP contribution is 2.22. The zero-order valence-electron chi connectivity index (χ0n) is 12.1. The van der Waals surface area contributed by atoms with Crippen molar-refractivity contribution in [3.05, 3.63) is 36.3 Å². The second-order valence-corrected chi connectivity index (χ2v) is 5.53. The van der Waals surface area contributed by atoms with Crippen molar-refractivity contribution in [2.75, 3.05) is 5.32 Å². The Labute approximate surface area is 124 Å². The smallest absolute Gasteiger partial charge is 0.319 e. The SMILES string of the molecule is Cc1[nH]cnc1-c1ccc(NC(=O)NC2CCCC2)cc1. The van der Waals surface area contributed by atoms with E-state index >= 15 is 0 Å². The van der Waals surface area contributed by atoms with Gasteiger partial charge < -0.3 is 15.6 Å². The van der Waals surface area contributed by atoms with Crippen molar-refractivity contribution in [2.45, 2.75) is 38.6 Å². The van der Waals surface area contributed by atoms with E-state index in [1.165, 1.54) is 12.8 Å². The number of H-pyrrole nitrogens is 1. The summed E-state index contributed by atoms with van der Waals surface area (Å²) in [6.45, 7) is 1.99. The number of rotatable bonds is 3. The molecule has 0 spiro atoms. The molecule has 1 aromatic carbocycles. The molecule has 1 fully saturated rings. The molecule has 3 rings (SSSR count). The molecule has 5 nitrogen and oxygen atoms in total. The average molecular weight is 284 g/mol. The molecule has 1 aliphatic rings. The van der Waals surface area contributed by atoms with Crippen molar-refractivity contribution in [2.24, 2.45) is 0 Å². The largest absolute Gasteiger partial charge is 0.348 e. The van der Waals surface area contributed by atoms with Crippen LogP contribution in [0.25, 0.3) is 11.3 Å². The van der Waals surface area contributed by atoms with Crippen molar-refractivity contribution in [3.63, 3.8) is 0 Å². The number of aromatic amines is 1. The summed E-state index contributed by atoms with van der Waals surface area (Å²) < 4.78 is 0. The van der Waals surface area contributed by atoms with Crippen LogP contribution in [0.1, 0.15) is 31.4 Å². The standard InChI is InChI=1S/C16H20N4O/c1-11-15(18-10-17-11)12-6-8-14(9-7-12)20-16(21)19-13-4-2-3-5-13/h6-10,13H,2-5H2,1H3,(H,17,18)(H2,19,20,21). The van der Waals surface area contributed by atoms with E-state index in [0.29, 0.717) is 6.04 Å². The van der Waals surface area contributed by atoms with Crippen LogP contribution in [0.3, 0.4) is 0 Å². The topological polar surface area (TPSA) is 69.8 Å². The highest BCUT2D eigenvalue weighted by atomic mass is 16.2. The summed E-state index contributed by atoms with van der Waals surface area (Å²) >= 11 is 0. The van der Waals surface area contributed by atoms with E-state index in [1.807, 2.05) is 31.2 Å². The predicted molar refractivity (Wildman–Crippen MR) is 83.2 cm³/mol. The number of anilines is 1. The van der Waals surface area contributed by atoms with Gasteiger partial charge in [0.2, 0.25) is 0 Å². The summed E-state index contributed by atoms with van der Waals surface area (Å²) in [6.07, 6.45) is 6.28. The minimum absolute atomic E-state index is 0.120. The Morgan fingerprint density at radius 1 is 1.24 bits per heavy atom. The Balaban J connectivity index is 1.61. The number of aryl methyl sites for hydroxylation is 1. The molecule has 0 saturated heterocycles. The third-order valence-corrected chi connectivity index (χ3v) is 3.94. The molecule has 0 atom stereocenters. The maximum Gasteiger partial charge on any atom is 0.319 e. The van der Waals surface area contributed by atoms with Crippen molar-refractivity contribution in [1.82, 2.24) is 15.3 Å². The number of benzene rings is 1. The van der Waals surface area contributed by atoms with Crippen molar-refractivity contribution in [1.29, 1.82) is 0 Å². The molecule has 0 unspecified atom stereocenters. The zero-order valence-corrected chi connectivity index (χ0v) is 12.1. The van der Waals surface area contributed by atoms with E-state index in [4.69, 9.17) is 0 Å². The van der Waals surface area contributed by atoms with E-state index in [2.05, 4.69) is 20.6 Å². The van der Waals surface area contributed by atoms with Gasteiger partial charge in [0.15, 0.2) is 0 Å². The van der Waals surface area contributed by atoms with Gasteiger partial charge in [0.05, 0.1) is 12.0 Å². The fraction of sp³-hybridized carbons (Fsp3) is 0.375. The molecule has 1 aromatic heterocycles. The average Bonchev–Trinajstić information content (AvgIpc) is 3.11. The van der Waals surface area contributed by atoms with Gasteiger partial charge >= 0.3 is 6.03 Å². The summed E-state index contributed by atoms with van der Waals surface area (Å²) in [4.78, 5) is 19.2. The predicted octanol–water partition coefficient (Wildman–Crippen LogP) is 3.45. The lowest BCUT2D eigenvalue weighted by atomic mass is 10.1. The van der Waals surface area contributed by atoms with Gasteiger partial charge in [0, 0.05) is 23.0 Å². The molecule has 3 N–H and O–H groups in total. The van der Waals surface area contributed by atoms with Gasteiger partial charge in [-0.25, -0.2) is 9.78 Å². The van der Waals surface area contributed by atoms with Crippen LogP contribution in [0.15, 0.2) is 30.6 Å². The number of urea groups is 1.